The molecule has 0 spiro atoms. The molecule has 5 nitrogen and oxygen atoms in total. The molecule has 1 heterocycles. The molecule has 3 rings (SSSR count). The van der Waals surface area contributed by atoms with Crippen molar-refractivity contribution in [2.75, 3.05) is 6.54 Å². The number of thioether (sulfide) groups is 1. The lowest BCUT2D eigenvalue weighted by molar-refractivity contribution is -0.120. The molecule has 2 aromatic carbocycles. The second-order valence-corrected chi connectivity index (χ2v) is 7.46. The second kappa shape index (κ2) is 9.32. The van der Waals surface area contributed by atoms with Gasteiger partial charge >= 0.3 is 0 Å². The Balaban J connectivity index is 1.95. The summed E-state index contributed by atoms with van der Waals surface area (Å²) in [4.78, 5) is 12.2. The Kier molecular flexibility index (Phi) is 6.60. The van der Waals surface area contributed by atoms with Crippen LogP contribution in [0.4, 0.5) is 4.39 Å². The van der Waals surface area contributed by atoms with Crippen molar-refractivity contribution < 1.29 is 9.18 Å². The lowest BCUT2D eigenvalue weighted by Gasteiger charge is -2.14. The fourth-order valence-electron chi connectivity index (χ4n) is 2.65. The number of carbonyl (C=O) groups excluding carboxylic acids is 1. The van der Waals surface area contributed by atoms with Crippen LogP contribution in [-0.4, -0.2) is 32.5 Å². The predicted molar refractivity (Wildman–Crippen MR) is 109 cm³/mol. The van der Waals surface area contributed by atoms with Gasteiger partial charge in [0.15, 0.2) is 11.0 Å². The maximum absolute atomic E-state index is 14.4. The number of hydrogen-bond acceptors (Lipinski definition) is 4. The smallest absolute Gasteiger partial charge is 0.233 e. The number of amides is 1. The summed E-state index contributed by atoms with van der Waals surface area (Å²) in [5.74, 6) is -0.0488. The molecule has 28 heavy (non-hydrogen) atoms. The van der Waals surface area contributed by atoms with Crippen molar-refractivity contribution in [3.8, 4) is 11.4 Å². The maximum Gasteiger partial charge on any atom is 0.233 e. The molecule has 0 bridgehead atoms. The Bertz CT molecular complexity index is 958. The van der Waals surface area contributed by atoms with Crippen LogP contribution in [0.15, 0.2) is 72.4 Å². The van der Waals surface area contributed by atoms with E-state index in [1.807, 2.05) is 34.9 Å². The van der Waals surface area contributed by atoms with Crippen LogP contribution in [0.5, 0.6) is 0 Å². The zero-order chi connectivity index (χ0) is 19.9. The standard InChI is InChI=1S/C21H21FN4OS/c1-3-13-23-20(27)15(2)28-21-25-24-19(17-11-7-8-12-18(17)22)26(21)14-16-9-5-4-6-10-16/h3-12,15H,1,13-14H2,2H3,(H,23,27). The summed E-state index contributed by atoms with van der Waals surface area (Å²) in [6.07, 6.45) is 1.63. The molecule has 1 amide bonds. The fourth-order valence-corrected chi connectivity index (χ4v) is 3.53. The topological polar surface area (TPSA) is 59.8 Å². The summed E-state index contributed by atoms with van der Waals surface area (Å²) >= 11 is 1.29. The molecule has 7 heteroatoms. The zero-order valence-electron chi connectivity index (χ0n) is 15.5. The third-order valence-electron chi connectivity index (χ3n) is 4.09. The molecular weight excluding hydrogens is 375 g/mol. The summed E-state index contributed by atoms with van der Waals surface area (Å²) in [6.45, 7) is 6.27. The Hall–Kier alpha value is -2.93. The van der Waals surface area contributed by atoms with Crippen LogP contribution in [0.25, 0.3) is 11.4 Å². The van der Waals surface area contributed by atoms with E-state index >= 15 is 0 Å². The van der Waals surface area contributed by atoms with Gasteiger partial charge in [-0.15, -0.1) is 16.8 Å². The number of aromatic nitrogens is 3. The molecule has 1 aromatic heterocycles. The Morgan fingerprint density at radius 3 is 2.64 bits per heavy atom. The van der Waals surface area contributed by atoms with Crippen molar-refractivity contribution in [1.82, 2.24) is 20.1 Å². The first-order valence-electron chi connectivity index (χ1n) is 8.87. The number of rotatable bonds is 8. The van der Waals surface area contributed by atoms with Gasteiger partial charge in [0.2, 0.25) is 5.91 Å². The van der Waals surface area contributed by atoms with Gasteiger partial charge in [-0.3, -0.25) is 9.36 Å². The van der Waals surface area contributed by atoms with Gasteiger partial charge in [0.05, 0.1) is 17.4 Å². The molecule has 0 saturated heterocycles. The van der Waals surface area contributed by atoms with Gasteiger partial charge in [0.25, 0.3) is 0 Å². The summed E-state index contributed by atoms with van der Waals surface area (Å²) in [5.41, 5.74) is 1.41. The second-order valence-electron chi connectivity index (χ2n) is 6.15. The molecule has 1 atom stereocenters. The highest BCUT2D eigenvalue weighted by Gasteiger charge is 2.22. The van der Waals surface area contributed by atoms with Crippen molar-refractivity contribution >= 4 is 17.7 Å². The van der Waals surface area contributed by atoms with E-state index in [1.165, 1.54) is 17.8 Å². The number of hydrogen-bond donors (Lipinski definition) is 1. The summed E-state index contributed by atoms with van der Waals surface area (Å²) in [6, 6.07) is 16.3. The van der Waals surface area contributed by atoms with Crippen LogP contribution >= 0.6 is 11.8 Å². The Labute approximate surface area is 167 Å². The third kappa shape index (κ3) is 4.67. The minimum atomic E-state index is -0.382. The van der Waals surface area contributed by atoms with Crippen LogP contribution in [0, 0.1) is 5.82 Å². The minimum absolute atomic E-state index is 0.119. The van der Waals surface area contributed by atoms with E-state index < -0.39 is 0 Å². The largest absolute Gasteiger partial charge is 0.352 e. The van der Waals surface area contributed by atoms with Crippen molar-refractivity contribution in [2.24, 2.45) is 0 Å². The van der Waals surface area contributed by atoms with Crippen molar-refractivity contribution in [1.29, 1.82) is 0 Å². The van der Waals surface area contributed by atoms with E-state index in [0.29, 0.717) is 29.6 Å². The van der Waals surface area contributed by atoms with Crippen LogP contribution in [0.3, 0.4) is 0 Å². The normalized spacial score (nSPS) is 11.8. The van der Waals surface area contributed by atoms with E-state index in [2.05, 4.69) is 22.1 Å². The van der Waals surface area contributed by atoms with Gasteiger partial charge in [-0.05, 0) is 24.6 Å². The number of nitrogens with one attached hydrogen (secondary N) is 1. The molecule has 1 N–H and O–H groups in total. The predicted octanol–water partition coefficient (Wildman–Crippen LogP) is 3.92. The summed E-state index contributed by atoms with van der Waals surface area (Å²) < 4.78 is 16.2. The van der Waals surface area contributed by atoms with E-state index in [-0.39, 0.29) is 17.0 Å². The molecule has 0 saturated carbocycles. The van der Waals surface area contributed by atoms with Crippen LogP contribution in [0.2, 0.25) is 0 Å². The highest BCUT2D eigenvalue weighted by molar-refractivity contribution is 8.00. The number of nitrogens with zero attached hydrogens (tertiary/aromatic N) is 3. The van der Waals surface area contributed by atoms with E-state index in [1.54, 1.807) is 31.2 Å². The van der Waals surface area contributed by atoms with Gasteiger partial charge in [0, 0.05) is 6.54 Å². The molecule has 0 aliphatic carbocycles. The van der Waals surface area contributed by atoms with Gasteiger partial charge in [-0.2, -0.15) is 0 Å². The van der Waals surface area contributed by atoms with Crippen LogP contribution < -0.4 is 5.32 Å². The van der Waals surface area contributed by atoms with E-state index in [9.17, 15) is 9.18 Å². The quantitative estimate of drug-likeness (QED) is 0.463. The molecule has 0 aliphatic rings. The highest BCUT2D eigenvalue weighted by atomic mass is 32.2. The summed E-state index contributed by atoms with van der Waals surface area (Å²) in [7, 11) is 0. The minimum Gasteiger partial charge on any atom is -0.352 e. The van der Waals surface area contributed by atoms with E-state index in [0.717, 1.165) is 5.56 Å². The van der Waals surface area contributed by atoms with Gasteiger partial charge < -0.3 is 5.32 Å². The number of benzene rings is 2. The molecule has 144 valence electrons. The lowest BCUT2D eigenvalue weighted by Crippen LogP contribution is -2.31. The van der Waals surface area contributed by atoms with Gasteiger partial charge in [-0.1, -0.05) is 60.3 Å². The monoisotopic (exact) mass is 396 g/mol. The zero-order valence-corrected chi connectivity index (χ0v) is 16.3. The molecular formula is C21H21FN4OS. The third-order valence-corrected chi connectivity index (χ3v) is 5.17. The molecule has 0 aliphatic heterocycles. The fraction of sp³-hybridized carbons (Fsp3) is 0.190. The maximum atomic E-state index is 14.4. The van der Waals surface area contributed by atoms with E-state index in [4.69, 9.17) is 0 Å². The van der Waals surface area contributed by atoms with Gasteiger partial charge in [-0.25, -0.2) is 4.39 Å². The number of carbonyl (C=O) groups is 1. The Morgan fingerprint density at radius 2 is 1.93 bits per heavy atom. The molecule has 1 unspecified atom stereocenters. The Morgan fingerprint density at radius 1 is 1.21 bits per heavy atom. The summed E-state index contributed by atoms with van der Waals surface area (Å²) in [5, 5.41) is 11.4. The molecule has 0 fully saturated rings. The van der Waals surface area contributed by atoms with Crippen molar-refractivity contribution in [3.05, 3.63) is 78.6 Å². The average Bonchev–Trinajstić information content (AvgIpc) is 3.09. The first-order chi connectivity index (χ1) is 13.6. The highest BCUT2D eigenvalue weighted by Crippen LogP contribution is 2.29. The van der Waals surface area contributed by atoms with Crippen molar-refractivity contribution in [2.45, 2.75) is 23.9 Å². The van der Waals surface area contributed by atoms with Gasteiger partial charge in [0.1, 0.15) is 5.82 Å². The number of halogens is 1. The van der Waals surface area contributed by atoms with Crippen LogP contribution in [0.1, 0.15) is 12.5 Å². The molecule has 3 aromatic rings. The average molecular weight is 396 g/mol. The van der Waals surface area contributed by atoms with Crippen LogP contribution in [-0.2, 0) is 11.3 Å². The lowest BCUT2D eigenvalue weighted by atomic mass is 10.2. The first kappa shape index (κ1) is 19.8. The first-order valence-corrected chi connectivity index (χ1v) is 9.75. The SMILES string of the molecule is C=CCNC(=O)C(C)Sc1nnc(-c2ccccc2F)n1Cc1ccccc1. The molecule has 0 radical (unpaired) electrons. The van der Waals surface area contributed by atoms with Crippen molar-refractivity contribution in [3.63, 3.8) is 0 Å².